The number of nitrogens with one attached hydrogen (secondary N) is 1. The van der Waals surface area contributed by atoms with Gasteiger partial charge in [-0.15, -0.1) is 11.3 Å². The Labute approximate surface area is 199 Å². The molecule has 0 atom stereocenters. The molecule has 1 aromatic carbocycles. The topological polar surface area (TPSA) is 85.8 Å². The molecule has 168 valence electrons. The van der Waals surface area contributed by atoms with Crippen LogP contribution in [0.5, 0.6) is 0 Å². The zero-order valence-electron chi connectivity index (χ0n) is 17.5. The minimum Gasteiger partial charge on any atom is -0.369 e. The third-order valence-electron chi connectivity index (χ3n) is 5.79. The quantitative estimate of drug-likeness (QED) is 0.562. The van der Waals surface area contributed by atoms with Gasteiger partial charge in [-0.3, -0.25) is 29.2 Å². The standard InChI is InChI=1S/C23H20ClN5O3S/c24-19-5-4-18(33-19)21(30)26-17-3-1-2-16-20(17)23(32)29(22(16)31)14-27-10-12-28(13-11-27)15-6-8-25-9-7-15/h1-9H,10-14H2,(H,26,30). The molecule has 0 aliphatic carbocycles. The molecule has 0 bridgehead atoms. The number of fused-ring (bicyclic) bond motifs is 1. The van der Waals surface area contributed by atoms with E-state index < -0.39 is 5.91 Å². The van der Waals surface area contributed by atoms with E-state index in [2.05, 4.69) is 20.1 Å². The molecule has 1 fully saturated rings. The summed E-state index contributed by atoms with van der Waals surface area (Å²) in [6.45, 7) is 3.23. The molecule has 0 spiro atoms. The number of benzene rings is 1. The number of aromatic nitrogens is 1. The molecular weight excluding hydrogens is 462 g/mol. The number of nitrogens with zero attached hydrogens (tertiary/aromatic N) is 4. The Morgan fingerprint density at radius 3 is 2.45 bits per heavy atom. The van der Waals surface area contributed by atoms with Crippen molar-refractivity contribution >= 4 is 52.0 Å². The Kier molecular flexibility index (Phi) is 5.84. The Bertz CT molecular complexity index is 1220. The number of pyridine rings is 1. The molecule has 33 heavy (non-hydrogen) atoms. The first-order chi connectivity index (χ1) is 16.0. The predicted molar refractivity (Wildman–Crippen MR) is 127 cm³/mol. The van der Waals surface area contributed by atoms with Gasteiger partial charge in [-0.05, 0) is 36.4 Å². The molecule has 0 unspecified atom stereocenters. The van der Waals surface area contributed by atoms with Crippen molar-refractivity contribution in [3.8, 4) is 0 Å². The zero-order valence-corrected chi connectivity index (χ0v) is 19.1. The van der Waals surface area contributed by atoms with E-state index in [1.165, 1.54) is 4.90 Å². The monoisotopic (exact) mass is 481 g/mol. The fraction of sp³-hybridized carbons (Fsp3) is 0.217. The van der Waals surface area contributed by atoms with Crippen LogP contribution in [0, 0.1) is 0 Å². The number of carbonyl (C=O) groups is 3. The molecule has 3 aromatic rings. The van der Waals surface area contributed by atoms with Gasteiger partial charge in [0, 0.05) is 44.3 Å². The van der Waals surface area contributed by atoms with Crippen LogP contribution in [-0.2, 0) is 0 Å². The Morgan fingerprint density at radius 2 is 1.76 bits per heavy atom. The van der Waals surface area contributed by atoms with Gasteiger partial charge in [0.05, 0.1) is 32.7 Å². The van der Waals surface area contributed by atoms with Gasteiger partial charge < -0.3 is 10.2 Å². The van der Waals surface area contributed by atoms with Crippen LogP contribution < -0.4 is 10.2 Å². The van der Waals surface area contributed by atoms with Crippen molar-refractivity contribution in [2.24, 2.45) is 0 Å². The van der Waals surface area contributed by atoms with E-state index in [9.17, 15) is 14.4 Å². The van der Waals surface area contributed by atoms with Crippen molar-refractivity contribution in [3.05, 3.63) is 75.2 Å². The number of halogens is 1. The summed E-state index contributed by atoms with van der Waals surface area (Å²) in [5.41, 5.74) is 1.97. The van der Waals surface area contributed by atoms with Crippen LogP contribution >= 0.6 is 22.9 Å². The molecule has 2 aliphatic heterocycles. The lowest BCUT2D eigenvalue weighted by molar-refractivity contribution is 0.0535. The highest BCUT2D eigenvalue weighted by molar-refractivity contribution is 7.18. The Morgan fingerprint density at radius 1 is 1.00 bits per heavy atom. The van der Waals surface area contributed by atoms with E-state index in [1.54, 1.807) is 42.7 Å². The van der Waals surface area contributed by atoms with Crippen LogP contribution in [0.15, 0.2) is 54.9 Å². The van der Waals surface area contributed by atoms with E-state index in [1.807, 2.05) is 12.1 Å². The summed E-state index contributed by atoms with van der Waals surface area (Å²) in [4.78, 5) is 48.9. The molecular formula is C23H20ClN5O3S. The van der Waals surface area contributed by atoms with Crippen LogP contribution in [-0.4, -0.2) is 65.4 Å². The summed E-state index contributed by atoms with van der Waals surface area (Å²) < 4.78 is 0.500. The van der Waals surface area contributed by atoms with Crippen molar-refractivity contribution in [2.75, 3.05) is 43.1 Å². The maximum absolute atomic E-state index is 13.2. The highest BCUT2D eigenvalue weighted by Crippen LogP contribution is 2.31. The van der Waals surface area contributed by atoms with E-state index in [-0.39, 0.29) is 24.0 Å². The summed E-state index contributed by atoms with van der Waals surface area (Å²) in [5.74, 6) is -1.11. The molecule has 10 heteroatoms. The number of rotatable bonds is 5. The van der Waals surface area contributed by atoms with E-state index >= 15 is 0 Å². The third-order valence-corrected chi connectivity index (χ3v) is 7.02. The van der Waals surface area contributed by atoms with Gasteiger partial charge in [0.2, 0.25) is 0 Å². The van der Waals surface area contributed by atoms with Crippen LogP contribution in [0.2, 0.25) is 4.34 Å². The largest absolute Gasteiger partial charge is 0.369 e. The lowest BCUT2D eigenvalue weighted by atomic mass is 10.1. The molecule has 8 nitrogen and oxygen atoms in total. The van der Waals surface area contributed by atoms with Gasteiger partial charge in [0.25, 0.3) is 17.7 Å². The number of hydrogen-bond donors (Lipinski definition) is 1. The number of carbonyl (C=O) groups excluding carboxylic acids is 3. The summed E-state index contributed by atoms with van der Waals surface area (Å²) in [5, 5.41) is 2.76. The smallest absolute Gasteiger partial charge is 0.265 e. The van der Waals surface area contributed by atoms with E-state index in [0.717, 1.165) is 43.2 Å². The number of thiophene rings is 1. The molecule has 2 aromatic heterocycles. The maximum Gasteiger partial charge on any atom is 0.265 e. The second kappa shape index (κ2) is 8.93. The number of imide groups is 1. The number of hydrogen-bond acceptors (Lipinski definition) is 7. The lowest BCUT2D eigenvalue weighted by Crippen LogP contribution is -2.51. The van der Waals surface area contributed by atoms with Gasteiger partial charge in [-0.25, -0.2) is 0 Å². The Balaban J connectivity index is 1.28. The predicted octanol–water partition coefficient (Wildman–Crippen LogP) is 3.42. The van der Waals surface area contributed by atoms with Crippen LogP contribution in [0.1, 0.15) is 30.4 Å². The van der Waals surface area contributed by atoms with Gasteiger partial charge >= 0.3 is 0 Å². The summed E-state index contributed by atoms with van der Waals surface area (Å²) in [6.07, 6.45) is 3.54. The van der Waals surface area contributed by atoms with Crippen LogP contribution in [0.3, 0.4) is 0 Å². The van der Waals surface area contributed by atoms with Gasteiger partial charge in [0.15, 0.2) is 0 Å². The molecule has 0 saturated carbocycles. The normalized spacial score (nSPS) is 16.3. The lowest BCUT2D eigenvalue weighted by Gasteiger charge is -2.37. The third kappa shape index (κ3) is 4.22. The second-order valence-corrected chi connectivity index (χ2v) is 9.49. The number of amides is 3. The first-order valence-electron chi connectivity index (χ1n) is 10.4. The maximum atomic E-state index is 13.2. The zero-order chi connectivity index (χ0) is 22.9. The molecule has 4 heterocycles. The number of piperazine rings is 1. The van der Waals surface area contributed by atoms with Crippen molar-refractivity contribution in [2.45, 2.75) is 0 Å². The van der Waals surface area contributed by atoms with Crippen LogP contribution in [0.25, 0.3) is 0 Å². The molecule has 5 rings (SSSR count). The fourth-order valence-electron chi connectivity index (χ4n) is 4.09. The fourth-order valence-corrected chi connectivity index (χ4v) is 5.03. The Hall–Kier alpha value is -3.27. The number of anilines is 2. The summed E-state index contributed by atoms with van der Waals surface area (Å²) in [7, 11) is 0. The molecule has 1 saturated heterocycles. The molecule has 1 N–H and O–H groups in total. The van der Waals surface area contributed by atoms with E-state index in [4.69, 9.17) is 11.6 Å². The second-order valence-electron chi connectivity index (χ2n) is 7.78. The average molecular weight is 482 g/mol. The average Bonchev–Trinajstić information content (AvgIpc) is 3.38. The van der Waals surface area contributed by atoms with Gasteiger partial charge in [-0.1, -0.05) is 17.7 Å². The highest BCUT2D eigenvalue weighted by atomic mass is 35.5. The van der Waals surface area contributed by atoms with Gasteiger partial charge in [0.1, 0.15) is 0 Å². The SMILES string of the molecule is O=C(Nc1cccc2c1C(=O)N(CN1CCN(c3ccncc3)CC1)C2=O)c1ccc(Cl)s1. The minimum absolute atomic E-state index is 0.213. The summed E-state index contributed by atoms with van der Waals surface area (Å²) >= 11 is 7.07. The van der Waals surface area contributed by atoms with E-state index in [0.29, 0.717) is 20.5 Å². The molecule has 3 amide bonds. The van der Waals surface area contributed by atoms with Crippen molar-refractivity contribution in [1.82, 2.24) is 14.8 Å². The first-order valence-corrected chi connectivity index (χ1v) is 11.6. The highest BCUT2D eigenvalue weighted by Gasteiger charge is 2.39. The van der Waals surface area contributed by atoms with Crippen LogP contribution in [0.4, 0.5) is 11.4 Å². The first kappa shape index (κ1) is 21.6. The molecule has 0 radical (unpaired) electrons. The van der Waals surface area contributed by atoms with Crippen molar-refractivity contribution < 1.29 is 14.4 Å². The van der Waals surface area contributed by atoms with Gasteiger partial charge in [-0.2, -0.15) is 0 Å². The van der Waals surface area contributed by atoms with Crippen molar-refractivity contribution in [1.29, 1.82) is 0 Å². The molecule has 2 aliphatic rings. The summed E-state index contributed by atoms with van der Waals surface area (Å²) in [6, 6.07) is 12.1. The minimum atomic E-state index is -0.397. The van der Waals surface area contributed by atoms with Crippen molar-refractivity contribution in [3.63, 3.8) is 0 Å².